The van der Waals surface area contributed by atoms with E-state index in [-0.39, 0.29) is 12.4 Å². The van der Waals surface area contributed by atoms with Gasteiger partial charge in [0.2, 0.25) is 11.8 Å². The van der Waals surface area contributed by atoms with Crippen LogP contribution in [0.5, 0.6) is 17.5 Å². The van der Waals surface area contributed by atoms with Gasteiger partial charge in [0.05, 0.1) is 6.61 Å². The summed E-state index contributed by atoms with van der Waals surface area (Å²) in [6, 6.07) is 29.8. The van der Waals surface area contributed by atoms with Gasteiger partial charge in [0, 0.05) is 18.2 Å². The SMILES string of the molecule is CCOc1ccc(CN)c(-c2ccc(OCc3ccccc3)nc2OCc2ccccc2)c1.Cl. The first-order valence-corrected chi connectivity index (χ1v) is 11.1. The summed E-state index contributed by atoms with van der Waals surface area (Å²) in [6.45, 7) is 3.77. The number of nitrogens with zero attached hydrogens (tertiary/aromatic N) is 1. The molecule has 4 rings (SSSR count). The third-order valence-corrected chi connectivity index (χ3v) is 5.19. The zero-order valence-corrected chi connectivity index (χ0v) is 20.0. The topological polar surface area (TPSA) is 66.6 Å². The average molecular weight is 477 g/mol. The quantitative estimate of drug-likeness (QED) is 0.296. The van der Waals surface area contributed by atoms with Crippen LogP contribution >= 0.6 is 12.4 Å². The summed E-state index contributed by atoms with van der Waals surface area (Å²) in [5.41, 5.74) is 10.9. The number of benzene rings is 3. The molecule has 2 N–H and O–H groups in total. The van der Waals surface area contributed by atoms with E-state index in [9.17, 15) is 0 Å². The van der Waals surface area contributed by atoms with Crippen LogP contribution in [0, 0.1) is 0 Å². The van der Waals surface area contributed by atoms with E-state index in [0.29, 0.717) is 38.1 Å². The largest absolute Gasteiger partial charge is 0.494 e. The van der Waals surface area contributed by atoms with Gasteiger partial charge in [-0.05, 0) is 47.4 Å². The van der Waals surface area contributed by atoms with Crippen molar-refractivity contribution in [2.45, 2.75) is 26.7 Å². The Balaban J connectivity index is 0.00000324. The molecule has 6 heteroatoms. The highest BCUT2D eigenvalue weighted by Crippen LogP contribution is 2.35. The Bertz CT molecular complexity index is 1170. The Kier molecular flexibility index (Phi) is 9.32. The summed E-state index contributed by atoms with van der Waals surface area (Å²) in [4.78, 5) is 4.70. The Hall–Kier alpha value is -3.54. The molecule has 0 aliphatic heterocycles. The number of halogens is 1. The van der Waals surface area contributed by atoms with Gasteiger partial charge in [-0.25, -0.2) is 0 Å². The fourth-order valence-corrected chi connectivity index (χ4v) is 3.52. The van der Waals surface area contributed by atoms with Crippen molar-refractivity contribution in [1.82, 2.24) is 4.98 Å². The highest BCUT2D eigenvalue weighted by atomic mass is 35.5. The van der Waals surface area contributed by atoms with E-state index in [1.165, 1.54) is 0 Å². The number of aromatic nitrogens is 1. The van der Waals surface area contributed by atoms with Crippen LogP contribution in [0.25, 0.3) is 11.1 Å². The normalized spacial score (nSPS) is 10.3. The Morgan fingerprint density at radius 2 is 1.35 bits per heavy atom. The molecule has 5 nitrogen and oxygen atoms in total. The van der Waals surface area contributed by atoms with Crippen molar-refractivity contribution >= 4 is 12.4 Å². The van der Waals surface area contributed by atoms with Gasteiger partial charge in [0.1, 0.15) is 19.0 Å². The molecule has 0 amide bonds. The predicted octanol–water partition coefficient (Wildman–Crippen LogP) is 6.19. The van der Waals surface area contributed by atoms with Crippen LogP contribution in [0.2, 0.25) is 0 Å². The molecule has 176 valence electrons. The van der Waals surface area contributed by atoms with Gasteiger partial charge < -0.3 is 19.9 Å². The first kappa shape index (κ1) is 25.1. The molecule has 0 unspecified atom stereocenters. The first-order chi connectivity index (χ1) is 16.3. The zero-order valence-electron chi connectivity index (χ0n) is 19.1. The van der Waals surface area contributed by atoms with Gasteiger partial charge >= 0.3 is 0 Å². The van der Waals surface area contributed by atoms with Crippen LogP contribution in [-0.2, 0) is 19.8 Å². The molecule has 1 aromatic heterocycles. The van der Waals surface area contributed by atoms with Crippen molar-refractivity contribution < 1.29 is 14.2 Å². The molecule has 0 aliphatic rings. The molecule has 0 fully saturated rings. The molecule has 0 atom stereocenters. The van der Waals surface area contributed by atoms with Crippen LogP contribution in [0.3, 0.4) is 0 Å². The van der Waals surface area contributed by atoms with Gasteiger partial charge in [0.25, 0.3) is 0 Å². The summed E-state index contributed by atoms with van der Waals surface area (Å²) in [6.07, 6.45) is 0. The van der Waals surface area contributed by atoms with Crippen molar-refractivity contribution in [3.8, 4) is 28.6 Å². The second kappa shape index (κ2) is 12.6. The molecular weight excluding hydrogens is 448 g/mol. The van der Waals surface area contributed by atoms with Gasteiger partial charge in [-0.15, -0.1) is 12.4 Å². The molecule has 3 aromatic carbocycles. The highest BCUT2D eigenvalue weighted by Gasteiger charge is 2.15. The summed E-state index contributed by atoms with van der Waals surface area (Å²) in [7, 11) is 0. The number of hydrogen-bond acceptors (Lipinski definition) is 5. The fraction of sp³-hybridized carbons (Fsp3) is 0.179. The van der Waals surface area contributed by atoms with Crippen molar-refractivity contribution in [3.05, 3.63) is 108 Å². The van der Waals surface area contributed by atoms with Gasteiger partial charge in [-0.1, -0.05) is 66.7 Å². The number of rotatable bonds is 10. The minimum atomic E-state index is 0. The lowest BCUT2D eigenvalue weighted by Crippen LogP contribution is -2.05. The van der Waals surface area contributed by atoms with Gasteiger partial charge in [0.15, 0.2) is 0 Å². The Morgan fingerprint density at radius 3 is 1.97 bits per heavy atom. The maximum absolute atomic E-state index is 6.20. The van der Waals surface area contributed by atoms with Crippen LogP contribution in [0.15, 0.2) is 91.0 Å². The minimum absolute atomic E-state index is 0. The van der Waals surface area contributed by atoms with E-state index in [1.54, 1.807) is 0 Å². The molecule has 0 bridgehead atoms. The van der Waals surface area contributed by atoms with Crippen LogP contribution in [0.4, 0.5) is 0 Å². The van der Waals surface area contributed by atoms with Crippen LogP contribution in [-0.4, -0.2) is 11.6 Å². The summed E-state index contributed by atoms with van der Waals surface area (Å²) < 4.78 is 17.9. The maximum Gasteiger partial charge on any atom is 0.225 e. The lowest BCUT2D eigenvalue weighted by atomic mass is 10.00. The van der Waals surface area contributed by atoms with Gasteiger partial charge in [-0.3, -0.25) is 0 Å². The van der Waals surface area contributed by atoms with Gasteiger partial charge in [-0.2, -0.15) is 4.98 Å². The summed E-state index contributed by atoms with van der Waals surface area (Å²) >= 11 is 0. The van der Waals surface area contributed by atoms with E-state index in [4.69, 9.17) is 24.9 Å². The predicted molar refractivity (Wildman–Crippen MR) is 138 cm³/mol. The molecule has 0 saturated carbocycles. The number of hydrogen-bond donors (Lipinski definition) is 1. The highest BCUT2D eigenvalue weighted by molar-refractivity contribution is 5.85. The molecule has 0 radical (unpaired) electrons. The summed E-state index contributed by atoms with van der Waals surface area (Å²) in [5, 5.41) is 0. The third-order valence-electron chi connectivity index (χ3n) is 5.19. The number of pyridine rings is 1. The standard InChI is InChI=1S/C28H28N2O3.ClH/c1-2-31-24-14-13-23(18-29)26(17-24)25-15-16-27(32-19-21-9-5-3-6-10-21)30-28(25)33-20-22-11-7-4-8-12-22;/h3-17H,2,18-20,29H2,1H3;1H. The maximum atomic E-state index is 6.20. The van der Waals surface area contributed by atoms with Crippen molar-refractivity contribution in [2.75, 3.05) is 6.61 Å². The number of ether oxygens (including phenoxy) is 3. The van der Waals surface area contributed by atoms with E-state index in [0.717, 1.165) is 33.6 Å². The summed E-state index contributed by atoms with van der Waals surface area (Å²) in [5.74, 6) is 1.77. The van der Waals surface area contributed by atoms with E-state index < -0.39 is 0 Å². The monoisotopic (exact) mass is 476 g/mol. The fourth-order valence-electron chi connectivity index (χ4n) is 3.52. The first-order valence-electron chi connectivity index (χ1n) is 11.1. The molecule has 0 aliphatic carbocycles. The van der Waals surface area contributed by atoms with Crippen molar-refractivity contribution in [3.63, 3.8) is 0 Å². The van der Waals surface area contributed by atoms with E-state index in [1.807, 2.05) is 97.9 Å². The Labute approximate surface area is 206 Å². The molecule has 1 heterocycles. The van der Waals surface area contributed by atoms with E-state index in [2.05, 4.69) is 0 Å². The molecule has 0 spiro atoms. The molecular formula is C28H29ClN2O3. The molecule has 0 saturated heterocycles. The van der Waals surface area contributed by atoms with Crippen molar-refractivity contribution in [2.24, 2.45) is 5.73 Å². The second-order valence-electron chi connectivity index (χ2n) is 7.51. The minimum Gasteiger partial charge on any atom is -0.494 e. The number of nitrogens with two attached hydrogens (primary N) is 1. The lowest BCUT2D eigenvalue weighted by Gasteiger charge is -2.16. The zero-order chi connectivity index (χ0) is 22.9. The Morgan fingerprint density at radius 1 is 0.706 bits per heavy atom. The lowest BCUT2D eigenvalue weighted by molar-refractivity contribution is 0.268. The third kappa shape index (κ3) is 6.50. The van der Waals surface area contributed by atoms with Crippen LogP contribution < -0.4 is 19.9 Å². The van der Waals surface area contributed by atoms with E-state index >= 15 is 0 Å². The molecule has 4 aromatic rings. The second-order valence-corrected chi connectivity index (χ2v) is 7.51. The molecule has 34 heavy (non-hydrogen) atoms. The van der Waals surface area contributed by atoms with Crippen LogP contribution in [0.1, 0.15) is 23.6 Å². The smallest absolute Gasteiger partial charge is 0.225 e. The van der Waals surface area contributed by atoms with Crippen molar-refractivity contribution in [1.29, 1.82) is 0 Å². The average Bonchev–Trinajstić information content (AvgIpc) is 2.88.